The molecule has 0 aliphatic heterocycles. The van der Waals surface area contributed by atoms with Crippen LogP contribution in [0.15, 0.2) is 0 Å². The number of phosphoric ester groups is 2. The molecule has 19 heteroatoms. The van der Waals surface area contributed by atoms with E-state index in [1.807, 2.05) is 0 Å². The van der Waals surface area contributed by atoms with Crippen molar-refractivity contribution < 1.29 is 80.2 Å². The normalized spacial score (nSPS) is 13.9. The van der Waals surface area contributed by atoms with Crippen LogP contribution in [0.3, 0.4) is 0 Å². The van der Waals surface area contributed by atoms with E-state index in [0.717, 1.165) is 102 Å². The van der Waals surface area contributed by atoms with E-state index < -0.39 is 97.5 Å². The minimum absolute atomic E-state index is 0.107. The van der Waals surface area contributed by atoms with Gasteiger partial charge in [0.25, 0.3) is 0 Å². The van der Waals surface area contributed by atoms with Crippen LogP contribution in [0, 0.1) is 11.8 Å². The van der Waals surface area contributed by atoms with Crippen molar-refractivity contribution in [2.24, 2.45) is 11.8 Å². The van der Waals surface area contributed by atoms with Crippen LogP contribution in [0.25, 0.3) is 0 Å². The Bertz CT molecular complexity index is 1910. The minimum Gasteiger partial charge on any atom is -0.462 e. The summed E-state index contributed by atoms with van der Waals surface area (Å²) in [6.07, 6.45) is 60.9. The Balaban J connectivity index is 5.26. The van der Waals surface area contributed by atoms with Crippen molar-refractivity contribution in [2.75, 3.05) is 39.6 Å². The Morgan fingerprint density at radius 1 is 0.273 bits per heavy atom. The SMILES string of the molecule is CCCCCCCCCCCCCCCCCCCC(=O)O[C@H](COC(=O)CCCCCCCCCCCCCCCC(C)C)COP(=O)(O)OC[C@@H](O)COP(=O)(O)OC[C@@H](COC(=O)CCCCCCCCCCCCCC)OC(=O)CCCCCCCCCCCCCC(C)C. The number of unbranched alkanes of at least 4 members (excludes halogenated alkanes) is 49. The number of aliphatic hydroxyl groups excluding tert-OH is 1. The molecule has 0 aliphatic rings. The molecule has 0 aromatic rings. The van der Waals surface area contributed by atoms with Crippen LogP contribution in [-0.2, 0) is 65.4 Å². The highest BCUT2D eigenvalue weighted by Gasteiger charge is 2.30. The second-order valence-electron chi connectivity index (χ2n) is 29.8. The Kier molecular flexibility index (Phi) is 70.3. The van der Waals surface area contributed by atoms with Crippen LogP contribution in [0.2, 0.25) is 0 Å². The van der Waals surface area contributed by atoms with Gasteiger partial charge in [-0.3, -0.25) is 37.3 Å². The van der Waals surface area contributed by atoms with Gasteiger partial charge in [-0.05, 0) is 37.5 Å². The number of rotatable bonds is 79. The molecule has 0 fully saturated rings. The van der Waals surface area contributed by atoms with Crippen LogP contribution in [0.1, 0.15) is 420 Å². The lowest BCUT2D eigenvalue weighted by molar-refractivity contribution is -0.161. The highest BCUT2D eigenvalue weighted by atomic mass is 31.2. The molecule has 0 radical (unpaired) electrons. The zero-order chi connectivity index (χ0) is 72.8. The summed E-state index contributed by atoms with van der Waals surface area (Å²) in [7, 11) is -9.92. The fraction of sp³-hybridized carbons (Fsp3) is 0.950. The van der Waals surface area contributed by atoms with Gasteiger partial charge in [0.1, 0.15) is 19.3 Å². The van der Waals surface area contributed by atoms with Gasteiger partial charge in [-0.1, -0.05) is 369 Å². The summed E-state index contributed by atoms with van der Waals surface area (Å²) in [5.74, 6) is -0.551. The van der Waals surface area contributed by atoms with Gasteiger partial charge in [0.2, 0.25) is 0 Å². The van der Waals surface area contributed by atoms with Crippen LogP contribution in [0.5, 0.6) is 0 Å². The standard InChI is InChI=1S/C80H156O17P2/c1-7-9-11-13-15-17-19-21-22-23-24-27-34-40-46-52-58-64-79(84)96-75(69-91-78(83)63-57-51-45-39-33-28-25-26-30-36-42-48-54-60-72(3)4)70-94-98(86,87)92-66-74(81)67-93-99(88,89)95-71-76(68-90-77(82)62-56-50-44-38-32-20-18-16-14-12-10-8-2)97-80(85)65-59-53-47-41-35-29-31-37-43-49-55-61-73(5)6/h72-76,81H,7-71H2,1-6H3,(H,86,87)(H,88,89)/t74-,75-,76-/m1/s1. The molecule has 0 heterocycles. The Morgan fingerprint density at radius 2 is 0.465 bits per heavy atom. The highest BCUT2D eigenvalue weighted by molar-refractivity contribution is 7.47. The first kappa shape index (κ1) is 97.1. The lowest BCUT2D eigenvalue weighted by atomic mass is 10.0. The van der Waals surface area contributed by atoms with Crippen molar-refractivity contribution in [3.63, 3.8) is 0 Å². The monoisotopic (exact) mass is 1450 g/mol. The molecular weight excluding hydrogens is 1290 g/mol. The van der Waals surface area contributed by atoms with Gasteiger partial charge in [-0.2, -0.15) is 0 Å². The molecule has 5 atom stereocenters. The maximum Gasteiger partial charge on any atom is 0.472 e. The van der Waals surface area contributed by atoms with Crippen molar-refractivity contribution in [3.8, 4) is 0 Å². The zero-order valence-electron chi connectivity index (χ0n) is 64.8. The van der Waals surface area contributed by atoms with E-state index in [1.165, 1.54) is 238 Å². The quantitative estimate of drug-likeness (QED) is 0.0222. The number of carbonyl (C=O) groups is 4. The van der Waals surface area contributed by atoms with E-state index in [-0.39, 0.29) is 25.7 Å². The van der Waals surface area contributed by atoms with E-state index in [2.05, 4.69) is 41.5 Å². The third-order valence-corrected chi connectivity index (χ3v) is 20.6. The first-order chi connectivity index (χ1) is 47.9. The molecule has 588 valence electrons. The van der Waals surface area contributed by atoms with Gasteiger partial charge in [-0.25, -0.2) is 9.13 Å². The number of ether oxygens (including phenoxy) is 4. The number of hydrogen-bond acceptors (Lipinski definition) is 15. The Hall–Kier alpha value is -1.94. The number of aliphatic hydroxyl groups is 1. The lowest BCUT2D eigenvalue weighted by Gasteiger charge is -2.21. The molecule has 0 spiro atoms. The first-order valence-corrected chi connectivity index (χ1v) is 44.5. The molecule has 17 nitrogen and oxygen atoms in total. The molecule has 3 N–H and O–H groups in total. The fourth-order valence-electron chi connectivity index (χ4n) is 12.4. The maximum absolute atomic E-state index is 13.1. The van der Waals surface area contributed by atoms with Crippen LogP contribution >= 0.6 is 15.6 Å². The van der Waals surface area contributed by atoms with E-state index in [1.54, 1.807) is 0 Å². The molecule has 0 aliphatic carbocycles. The number of hydrogen-bond donors (Lipinski definition) is 3. The predicted molar refractivity (Wildman–Crippen MR) is 405 cm³/mol. The molecule has 2 unspecified atom stereocenters. The second-order valence-corrected chi connectivity index (χ2v) is 32.7. The molecule has 0 aromatic heterocycles. The van der Waals surface area contributed by atoms with Crippen molar-refractivity contribution in [2.45, 2.75) is 439 Å². The summed E-state index contributed by atoms with van der Waals surface area (Å²) in [6, 6.07) is 0. The van der Waals surface area contributed by atoms with Crippen LogP contribution < -0.4 is 0 Å². The van der Waals surface area contributed by atoms with Crippen LogP contribution in [0.4, 0.5) is 0 Å². The summed E-state index contributed by atoms with van der Waals surface area (Å²) < 4.78 is 68.7. The molecular formula is C80H156O17P2. The van der Waals surface area contributed by atoms with E-state index in [9.17, 15) is 43.2 Å². The van der Waals surface area contributed by atoms with Crippen LogP contribution in [-0.4, -0.2) is 96.7 Å². The van der Waals surface area contributed by atoms with Gasteiger partial charge in [0.15, 0.2) is 12.2 Å². The lowest BCUT2D eigenvalue weighted by Crippen LogP contribution is -2.30. The van der Waals surface area contributed by atoms with Crippen molar-refractivity contribution in [1.82, 2.24) is 0 Å². The molecule has 99 heavy (non-hydrogen) atoms. The van der Waals surface area contributed by atoms with Crippen molar-refractivity contribution in [3.05, 3.63) is 0 Å². The molecule has 0 saturated carbocycles. The van der Waals surface area contributed by atoms with E-state index in [4.69, 9.17) is 37.0 Å². The summed E-state index contributed by atoms with van der Waals surface area (Å²) in [4.78, 5) is 73.0. The first-order valence-electron chi connectivity index (χ1n) is 41.5. The highest BCUT2D eigenvalue weighted by Crippen LogP contribution is 2.45. The van der Waals surface area contributed by atoms with Crippen molar-refractivity contribution >= 4 is 39.5 Å². The molecule has 0 amide bonds. The average molecular weight is 1450 g/mol. The Morgan fingerprint density at radius 3 is 0.687 bits per heavy atom. The number of esters is 4. The van der Waals surface area contributed by atoms with E-state index >= 15 is 0 Å². The van der Waals surface area contributed by atoms with Gasteiger partial charge in [-0.15, -0.1) is 0 Å². The van der Waals surface area contributed by atoms with Gasteiger partial charge in [0.05, 0.1) is 26.4 Å². The predicted octanol–water partition coefficient (Wildman–Crippen LogP) is 23.9. The summed E-state index contributed by atoms with van der Waals surface area (Å²) in [5, 5.41) is 10.6. The Labute approximate surface area is 607 Å². The number of carbonyl (C=O) groups excluding carboxylic acids is 4. The molecule has 0 saturated heterocycles. The topological polar surface area (TPSA) is 237 Å². The van der Waals surface area contributed by atoms with Crippen molar-refractivity contribution in [1.29, 1.82) is 0 Å². The molecule has 0 bridgehead atoms. The number of phosphoric acid groups is 2. The smallest absolute Gasteiger partial charge is 0.462 e. The fourth-order valence-corrected chi connectivity index (χ4v) is 13.9. The summed E-state index contributed by atoms with van der Waals surface area (Å²) in [5.41, 5.74) is 0. The zero-order valence-corrected chi connectivity index (χ0v) is 66.6. The largest absolute Gasteiger partial charge is 0.472 e. The van der Waals surface area contributed by atoms with E-state index in [0.29, 0.717) is 25.7 Å². The average Bonchev–Trinajstić information content (AvgIpc) is 0.989. The third kappa shape index (κ3) is 74.1. The third-order valence-electron chi connectivity index (χ3n) is 18.7. The summed E-state index contributed by atoms with van der Waals surface area (Å²) in [6.45, 7) is 9.65. The minimum atomic E-state index is -4.96. The van der Waals surface area contributed by atoms with Gasteiger partial charge < -0.3 is 33.8 Å². The van der Waals surface area contributed by atoms with Gasteiger partial charge >= 0.3 is 39.5 Å². The second kappa shape index (κ2) is 71.7. The maximum atomic E-state index is 13.1. The summed E-state index contributed by atoms with van der Waals surface area (Å²) >= 11 is 0. The molecule has 0 rings (SSSR count). The molecule has 0 aromatic carbocycles. The van der Waals surface area contributed by atoms with Gasteiger partial charge in [0, 0.05) is 25.7 Å².